The van der Waals surface area contributed by atoms with Crippen LogP contribution in [0.2, 0.25) is 0 Å². The van der Waals surface area contributed by atoms with Gasteiger partial charge in [-0.3, -0.25) is 0 Å². The van der Waals surface area contributed by atoms with Gasteiger partial charge in [-0.2, -0.15) is 5.10 Å². The van der Waals surface area contributed by atoms with E-state index in [4.69, 9.17) is 0 Å². The Balaban J connectivity index is 1.55. The third-order valence-electron chi connectivity index (χ3n) is 4.12. The van der Waals surface area contributed by atoms with Gasteiger partial charge in [0.05, 0.1) is 11.7 Å². The molecular weight excluding hydrogens is 314 g/mol. The maximum absolute atomic E-state index is 12.1. The van der Waals surface area contributed by atoms with Gasteiger partial charge >= 0.3 is 6.03 Å². The summed E-state index contributed by atoms with van der Waals surface area (Å²) in [6.07, 6.45) is 3.15. The van der Waals surface area contributed by atoms with Gasteiger partial charge in [-0.15, -0.1) is 0 Å². The summed E-state index contributed by atoms with van der Waals surface area (Å²) in [6.45, 7) is 4.50. The minimum atomic E-state index is -0.184. The summed E-state index contributed by atoms with van der Waals surface area (Å²) in [5.74, 6) is 0. The van der Waals surface area contributed by atoms with Crippen LogP contribution in [0.5, 0.6) is 0 Å². The summed E-state index contributed by atoms with van der Waals surface area (Å²) in [5.41, 5.74) is 4.23. The fourth-order valence-electron chi connectivity index (χ4n) is 2.57. The number of amides is 2. The van der Waals surface area contributed by atoms with E-state index in [1.54, 1.807) is 11.0 Å². The first-order valence-corrected chi connectivity index (χ1v) is 8.17. The van der Waals surface area contributed by atoms with Crippen molar-refractivity contribution in [3.63, 3.8) is 0 Å². The van der Waals surface area contributed by atoms with E-state index in [0.29, 0.717) is 6.54 Å². The highest BCUT2D eigenvalue weighted by atomic mass is 16.2. The topological polar surface area (TPSA) is 71.8 Å². The average molecular weight is 335 g/mol. The van der Waals surface area contributed by atoms with Gasteiger partial charge in [0.1, 0.15) is 12.7 Å². The van der Waals surface area contributed by atoms with Crippen LogP contribution < -0.4 is 10.6 Å². The van der Waals surface area contributed by atoms with E-state index in [0.717, 1.165) is 16.8 Å². The quantitative estimate of drug-likeness (QED) is 0.752. The lowest BCUT2D eigenvalue weighted by Crippen LogP contribution is -2.36. The van der Waals surface area contributed by atoms with Crippen molar-refractivity contribution < 1.29 is 4.79 Å². The molecule has 25 heavy (non-hydrogen) atoms. The van der Waals surface area contributed by atoms with Crippen LogP contribution >= 0.6 is 0 Å². The van der Waals surface area contributed by atoms with Gasteiger partial charge in [0.2, 0.25) is 0 Å². The molecule has 3 rings (SSSR count). The second-order valence-corrected chi connectivity index (χ2v) is 5.91. The Labute approximate surface area is 146 Å². The summed E-state index contributed by atoms with van der Waals surface area (Å²) in [5, 5.41) is 9.95. The second kappa shape index (κ2) is 7.61. The molecule has 0 saturated carbocycles. The molecule has 128 valence electrons. The van der Waals surface area contributed by atoms with Crippen molar-refractivity contribution in [3.8, 4) is 5.69 Å². The maximum Gasteiger partial charge on any atom is 0.315 e. The van der Waals surface area contributed by atoms with Gasteiger partial charge in [-0.1, -0.05) is 36.4 Å². The summed E-state index contributed by atoms with van der Waals surface area (Å²) in [7, 11) is 0. The Morgan fingerprint density at radius 2 is 1.92 bits per heavy atom. The van der Waals surface area contributed by atoms with Crippen LogP contribution in [0, 0.1) is 6.92 Å². The number of benzene rings is 2. The highest BCUT2D eigenvalue weighted by molar-refractivity contribution is 5.74. The van der Waals surface area contributed by atoms with E-state index in [-0.39, 0.29) is 12.1 Å². The fraction of sp³-hybridized carbons (Fsp3) is 0.211. The van der Waals surface area contributed by atoms with Gasteiger partial charge in [-0.05, 0) is 42.7 Å². The SMILES string of the molecule is Cc1ccccc1CNC(=O)N[C@H](C)c1ccc(-n2cncn2)cc1. The molecule has 6 heteroatoms. The van der Waals surface area contributed by atoms with E-state index in [1.165, 1.54) is 11.9 Å². The zero-order chi connectivity index (χ0) is 17.6. The van der Waals surface area contributed by atoms with Crippen molar-refractivity contribution in [2.24, 2.45) is 0 Å². The zero-order valence-electron chi connectivity index (χ0n) is 14.3. The zero-order valence-corrected chi connectivity index (χ0v) is 14.3. The van der Waals surface area contributed by atoms with Crippen molar-refractivity contribution >= 4 is 6.03 Å². The molecule has 1 atom stereocenters. The molecule has 0 fully saturated rings. The Morgan fingerprint density at radius 1 is 1.16 bits per heavy atom. The number of carbonyl (C=O) groups excluding carboxylic acids is 1. The van der Waals surface area contributed by atoms with Crippen LogP contribution in [0.4, 0.5) is 4.79 Å². The third kappa shape index (κ3) is 4.23. The normalized spacial score (nSPS) is 11.8. The summed E-state index contributed by atoms with van der Waals surface area (Å²) >= 11 is 0. The Bertz CT molecular complexity index is 827. The number of hydrogen-bond acceptors (Lipinski definition) is 3. The van der Waals surface area contributed by atoms with Crippen LogP contribution in [0.15, 0.2) is 61.2 Å². The van der Waals surface area contributed by atoms with Crippen LogP contribution in [-0.2, 0) is 6.54 Å². The Morgan fingerprint density at radius 3 is 2.60 bits per heavy atom. The molecule has 0 spiro atoms. The summed E-state index contributed by atoms with van der Waals surface area (Å²) in [6, 6.07) is 15.6. The molecule has 2 N–H and O–H groups in total. The van der Waals surface area contributed by atoms with E-state index < -0.39 is 0 Å². The number of nitrogens with one attached hydrogen (secondary N) is 2. The van der Waals surface area contributed by atoms with Crippen LogP contribution in [0.1, 0.15) is 29.7 Å². The molecule has 0 radical (unpaired) electrons. The Hall–Kier alpha value is -3.15. The predicted molar refractivity (Wildman–Crippen MR) is 96.3 cm³/mol. The van der Waals surface area contributed by atoms with Crippen molar-refractivity contribution in [3.05, 3.63) is 77.9 Å². The van der Waals surface area contributed by atoms with E-state index >= 15 is 0 Å². The van der Waals surface area contributed by atoms with Crippen molar-refractivity contribution in [1.29, 1.82) is 0 Å². The van der Waals surface area contributed by atoms with Crippen LogP contribution in [0.3, 0.4) is 0 Å². The van der Waals surface area contributed by atoms with Gasteiger partial charge in [0.25, 0.3) is 0 Å². The van der Waals surface area contributed by atoms with Crippen molar-refractivity contribution in [1.82, 2.24) is 25.4 Å². The Kier molecular flexibility index (Phi) is 5.09. The number of carbonyl (C=O) groups is 1. The molecule has 3 aromatic rings. The standard InChI is InChI=1S/C19H21N5O/c1-14-5-3-4-6-17(14)11-21-19(25)23-15(2)16-7-9-18(10-8-16)24-13-20-12-22-24/h3-10,12-13,15H,11H2,1-2H3,(H2,21,23,25)/t15-/m1/s1. The summed E-state index contributed by atoms with van der Waals surface area (Å²) < 4.78 is 1.69. The first-order valence-electron chi connectivity index (χ1n) is 8.17. The second-order valence-electron chi connectivity index (χ2n) is 5.91. The molecule has 0 aliphatic rings. The molecule has 1 aromatic heterocycles. The molecule has 6 nitrogen and oxygen atoms in total. The monoisotopic (exact) mass is 335 g/mol. The van der Waals surface area contributed by atoms with Crippen molar-refractivity contribution in [2.75, 3.05) is 0 Å². The fourth-order valence-corrected chi connectivity index (χ4v) is 2.57. The highest BCUT2D eigenvalue weighted by Gasteiger charge is 2.10. The van der Waals surface area contributed by atoms with Gasteiger partial charge in [-0.25, -0.2) is 14.5 Å². The van der Waals surface area contributed by atoms with Crippen molar-refractivity contribution in [2.45, 2.75) is 26.4 Å². The third-order valence-corrected chi connectivity index (χ3v) is 4.12. The lowest BCUT2D eigenvalue weighted by atomic mass is 10.1. The van der Waals surface area contributed by atoms with E-state index in [1.807, 2.05) is 62.4 Å². The molecule has 0 aliphatic carbocycles. The molecule has 0 unspecified atom stereocenters. The molecular formula is C19H21N5O. The minimum Gasteiger partial charge on any atom is -0.334 e. The van der Waals surface area contributed by atoms with Gasteiger partial charge in [0.15, 0.2) is 0 Å². The maximum atomic E-state index is 12.1. The van der Waals surface area contributed by atoms with Gasteiger partial charge < -0.3 is 10.6 Å². The molecule has 1 heterocycles. The lowest BCUT2D eigenvalue weighted by molar-refractivity contribution is 0.237. The molecule has 0 saturated heterocycles. The number of aryl methyl sites for hydroxylation is 1. The highest BCUT2D eigenvalue weighted by Crippen LogP contribution is 2.15. The van der Waals surface area contributed by atoms with Crippen LogP contribution in [-0.4, -0.2) is 20.8 Å². The number of nitrogens with zero attached hydrogens (tertiary/aromatic N) is 3. The van der Waals surface area contributed by atoms with Crippen LogP contribution in [0.25, 0.3) is 5.69 Å². The van der Waals surface area contributed by atoms with E-state index in [9.17, 15) is 4.79 Å². The smallest absolute Gasteiger partial charge is 0.315 e. The predicted octanol–water partition coefficient (Wildman–Crippen LogP) is 3.14. The molecule has 2 amide bonds. The van der Waals surface area contributed by atoms with Gasteiger partial charge in [0, 0.05) is 6.54 Å². The molecule has 0 bridgehead atoms. The lowest BCUT2D eigenvalue weighted by Gasteiger charge is -2.16. The molecule has 2 aromatic carbocycles. The number of rotatable bonds is 5. The average Bonchev–Trinajstić information content (AvgIpc) is 3.16. The first kappa shape index (κ1) is 16.7. The number of urea groups is 1. The largest absolute Gasteiger partial charge is 0.334 e. The number of hydrogen-bond donors (Lipinski definition) is 2. The minimum absolute atomic E-state index is 0.0957. The first-order chi connectivity index (χ1) is 12.1. The number of aromatic nitrogens is 3. The molecule has 0 aliphatic heterocycles. The van der Waals surface area contributed by atoms with E-state index in [2.05, 4.69) is 20.7 Å². The summed E-state index contributed by atoms with van der Waals surface area (Å²) in [4.78, 5) is 16.1.